The van der Waals surface area contributed by atoms with Crippen LogP contribution in [0.3, 0.4) is 0 Å². The van der Waals surface area contributed by atoms with Gasteiger partial charge in [0.2, 0.25) is 5.78 Å². The summed E-state index contributed by atoms with van der Waals surface area (Å²) in [5.41, 5.74) is 1.38. The van der Waals surface area contributed by atoms with E-state index in [1.807, 2.05) is 30.3 Å². The minimum atomic E-state index is -4.10. The number of benzene rings is 1. The predicted octanol–water partition coefficient (Wildman–Crippen LogP) is 1.98. The molecule has 1 aromatic rings. The van der Waals surface area contributed by atoms with Crippen LogP contribution in [0.2, 0.25) is 0 Å². The topological polar surface area (TPSA) is 93.0 Å². The van der Waals surface area contributed by atoms with Crippen molar-refractivity contribution in [2.45, 2.75) is 20.0 Å². The van der Waals surface area contributed by atoms with E-state index in [4.69, 9.17) is 9.29 Å². The van der Waals surface area contributed by atoms with E-state index >= 15 is 0 Å². The molecule has 0 bridgehead atoms. The van der Waals surface area contributed by atoms with Crippen molar-refractivity contribution in [2.75, 3.05) is 5.75 Å². The van der Waals surface area contributed by atoms with Gasteiger partial charge >= 0.3 is 0 Å². The Bertz CT molecular complexity index is 707. The highest BCUT2D eigenvalue weighted by molar-refractivity contribution is 7.85. The number of ether oxygens (including phenoxy) is 1. The van der Waals surface area contributed by atoms with Crippen molar-refractivity contribution < 1.29 is 22.5 Å². The number of nitrogens with zero attached hydrogens (tertiary/aromatic N) is 1. The van der Waals surface area contributed by atoms with Gasteiger partial charge in [-0.3, -0.25) is 14.3 Å². The summed E-state index contributed by atoms with van der Waals surface area (Å²) in [5, 5.41) is 0. The number of ketones is 1. The average molecular weight is 323 g/mol. The first kappa shape index (κ1) is 16.4. The molecule has 0 spiro atoms. The maximum absolute atomic E-state index is 12.3. The van der Waals surface area contributed by atoms with E-state index in [0.29, 0.717) is 5.70 Å². The first-order valence-corrected chi connectivity index (χ1v) is 8.39. The molecule has 0 amide bonds. The van der Waals surface area contributed by atoms with Crippen molar-refractivity contribution in [2.24, 2.45) is 10.9 Å². The third-order valence-electron chi connectivity index (χ3n) is 3.25. The van der Waals surface area contributed by atoms with Crippen molar-refractivity contribution in [3.8, 4) is 0 Å². The molecule has 1 heterocycles. The maximum Gasteiger partial charge on any atom is 0.264 e. The molecule has 0 fully saturated rings. The number of carbonyl (C=O) groups is 1. The molecule has 0 radical (unpaired) electrons. The Morgan fingerprint density at radius 2 is 1.95 bits per heavy atom. The van der Waals surface area contributed by atoms with Crippen LogP contribution in [0.15, 0.2) is 46.8 Å². The zero-order valence-corrected chi connectivity index (χ0v) is 12.9. The van der Waals surface area contributed by atoms with Crippen LogP contribution in [0, 0.1) is 5.92 Å². The molecule has 0 saturated heterocycles. The van der Waals surface area contributed by atoms with Gasteiger partial charge in [0.15, 0.2) is 5.76 Å². The Balaban J connectivity index is 2.03. The fourth-order valence-corrected chi connectivity index (χ4v) is 2.61. The second kappa shape index (κ2) is 6.85. The maximum atomic E-state index is 12.3. The molecule has 1 unspecified atom stereocenters. The van der Waals surface area contributed by atoms with Gasteiger partial charge in [-0.15, -0.1) is 0 Å². The van der Waals surface area contributed by atoms with E-state index < -0.39 is 21.8 Å². The van der Waals surface area contributed by atoms with E-state index in [1.54, 1.807) is 6.92 Å². The lowest BCUT2D eigenvalue weighted by atomic mass is 9.98. The standard InChI is InChI=1S/C15H17NO5S/c1-11-15(21-10-12-5-3-2-4-6-12)14(17)13(9-16-11)7-8-22(18,19)20/h2-6,9,13H,7-8,10H2,1H3,(H,18,19,20). The highest BCUT2D eigenvalue weighted by atomic mass is 32.2. The van der Waals surface area contributed by atoms with E-state index in [2.05, 4.69) is 4.99 Å². The molecule has 0 saturated carbocycles. The smallest absolute Gasteiger partial charge is 0.264 e. The molecule has 0 aliphatic carbocycles. The lowest BCUT2D eigenvalue weighted by molar-refractivity contribution is -0.121. The summed E-state index contributed by atoms with van der Waals surface area (Å²) >= 11 is 0. The molecule has 1 aliphatic heterocycles. The van der Waals surface area contributed by atoms with Crippen LogP contribution in [0.25, 0.3) is 0 Å². The highest BCUT2D eigenvalue weighted by Crippen LogP contribution is 2.22. The van der Waals surface area contributed by atoms with Crippen molar-refractivity contribution >= 4 is 22.1 Å². The number of carbonyl (C=O) groups excluding carboxylic acids is 1. The van der Waals surface area contributed by atoms with Crippen LogP contribution in [0.4, 0.5) is 0 Å². The monoisotopic (exact) mass is 323 g/mol. The van der Waals surface area contributed by atoms with Gasteiger partial charge in [-0.25, -0.2) is 0 Å². The zero-order chi connectivity index (χ0) is 16.2. The molecular formula is C15H17NO5S. The molecule has 6 nitrogen and oxygen atoms in total. The molecule has 1 atom stereocenters. The van der Waals surface area contributed by atoms with Crippen molar-refractivity contribution in [1.29, 1.82) is 0 Å². The van der Waals surface area contributed by atoms with Crippen molar-refractivity contribution in [3.63, 3.8) is 0 Å². The lowest BCUT2D eigenvalue weighted by Crippen LogP contribution is -2.26. The molecule has 1 aromatic carbocycles. The van der Waals surface area contributed by atoms with Gasteiger partial charge < -0.3 is 4.74 Å². The highest BCUT2D eigenvalue weighted by Gasteiger charge is 2.28. The third-order valence-corrected chi connectivity index (χ3v) is 4.00. The van der Waals surface area contributed by atoms with Crippen LogP contribution in [-0.4, -0.2) is 30.7 Å². The largest absolute Gasteiger partial charge is 0.483 e. The molecule has 22 heavy (non-hydrogen) atoms. The van der Waals surface area contributed by atoms with Crippen molar-refractivity contribution in [1.82, 2.24) is 0 Å². The minimum absolute atomic E-state index is 0.0212. The number of rotatable bonds is 6. The molecule has 7 heteroatoms. The number of aliphatic imine (C=N–C) groups is 1. The van der Waals surface area contributed by atoms with E-state index in [-0.39, 0.29) is 24.6 Å². The summed E-state index contributed by atoms with van der Waals surface area (Å²) in [6.07, 6.45) is 1.38. The fourth-order valence-electron chi connectivity index (χ4n) is 2.06. The van der Waals surface area contributed by atoms with Crippen LogP contribution < -0.4 is 0 Å². The van der Waals surface area contributed by atoms with Crippen LogP contribution >= 0.6 is 0 Å². The Kier molecular flexibility index (Phi) is 5.10. The Morgan fingerprint density at radius 1 is 1.27 bits per heavy atom. The van der Waals surface area contributed by atoms with Gasteiger partial charge in [-0.2, -0.15) is 8.42 Å². The fraction of sp³-hybridized carbons (Fsp3) is 0.333. The number of Topliss-reactive ketones (excluding diaryl/α,β-unsaturated/α-hetero) is 1. The van der Waals surface area contributed by atoms with E-state index in [9.17, 15) is 13.2 Å². The van der Waals surface area contributed by atoms with Crippen molar-refractivity contribution in [3.05, 3.63) is 47.4 Å². The molecule has 2 rings (SSSR count). The van der Waals surface area contributed by atoms with Gasteiger partial charge in [0, 0.05) is 6.21 Å². The Hall–Kier alpha value is -1.99. The average Bonchev–Trinajstić information content (AvgIpc) is 2.46. The van der Waals surface area contributed by atoms with Gasteiger partial charge in [-0.1, -0.05) is 30.3 Å². The van der Waals surface area contributed by atoms with Crippen LogP contribution in [0.5, 0.6) is 0 Å². The molecule has 1 N–H and O–H groups in total. The molecule has 118 valence electrons. The summed E-state index contributed by atoms with van der Waals surface area (Å²) in [7, 11) is -4.10. The Labute approximate surface area is 129 Å². The third kappa shape index (κ3) is 4.51. The lowest BCUT2D eigenvalue weighted by Gasteiger charge is -2.19. The van der Waals surface area contributed by atoms with Gasteiger partial charge in [0.25, 0.3) is 10.1 Å². The van der Waals surface area contributed by atoms with Gasteiger partial charge in [0.05, 0.1) is 17.4 Å². The minimum Gasteiger partial charge on any atom is -0.483 e. The zero-order valence-electron chi connectivity index (χ0n) is 12.1. The summed E-state index contributed by atoms with van der Waals surface area (Å²) < 4.78 is 35.9. The summed E-state index contributed by atoms with van der Waals surface area (Å²) in [4.78, 5) is 16.4. The van der Waals surface area contributed by atoms with E-state index in [0.717, 1.165) is 5.56 Å². The quantitative estimate of drug-likeness (QED) is 0.808. The first-order chi connectivity index (χ1) is 10.4. The number of hydrogen-bond donors (Lipinski definition) is 1. The summed E-state index contributed by atoms with van der Waals surface area (Å²) in [5.74, 6) is -1.35. The normalized spacial score (nSPS) is 18.6. The second-order valence-electron chi connectivity index (χ2n) is 5.01. The van der Waals surface area contributed by atoms with Gasteiger partial charge in [-0.05, 0) is 18.9 Å². The predicted molar refractivity (Wildman–Crippen MR) is 82.0 cm³/mol. The summed E-state index contributed by atoms with van der Waals surface area (Å²) in [6.45, 7) is 1.90. The molecule has 1 aliphatic rings. The van der Waals surface area contributed by atoms with Gasteiger partial charge in [0.1, 0.15) is 6.61 Å². The first-order valence-electron chi connectivity index (χ1n) is 6.78. The summed E-state index contributed by atoms with van der Waals surface area (Å²) in [6, 6.07) is 9.38. The van der Waals surface area contributed by atoms with Crippen LogP contribution in [0.1, 0.15) is 18.9 Å². The SMILES string of the molecule is CC1=C(OCc2ccccc2)C(=O)C(CCS(=O)(=O)O)C=N1. The molecule has 0 aromatic heterocycles. The molecular weight excluding hydrogens is 306 g/mol. The van der Waals surface area contributed by atoms with E-state index in [1.165, 1.54) is 6.21 Å². The number of hydrogen-bond acceptors (Lipinski definition) is 5. The number of allylic oxidation sites excluding steroid dienone is 2. The van der Waals surface area contributed by atoms with Crippen LogP contribution in [-0.2, 0) is 26.3 Å². The Morgan fingerprint density at radius 3 is 2.59 bits per heavy atom. The second-order valence-corrected chi connectivity index (χ2v) is 6.58.